The molecule has 0 unspecified atom stereocenters. The normalized spacial score (nSPS) is 17.1. The van der Waals surface area contributed by atoms with E-state index in [-0.39, 0.29) is 24.5 Å². The summed E-state index contributed by atoms with van der Waals surface area (Å²) in [6.45, 7) is 1.23. The Morgan fingerprint density at radius 2 is 1.62 bits per heavy atom. The number of carbonyl (C=O) groups is 2. The van der Waals surface area contributed by atoms with Gasteiger partial charge in [-0.3, -0.25) is 4.79 Å². The molecule has 6 heteroatoms. The Kier molecular flexibility index (Phi) is 5.50. The SMILES string of the molecule is O=C(c1ccc(-c2ccccc2)cc1)[C@@H]1CCCN(C(=O)Nc2ccc3c(c2)OCO3)C1. The zero-order valence-corrected chi connectivity index (χ0v) is 17.6. The van der Waals surface area contributed by atoms with E-state index in [9.17, 15) is 9.59 Å². The molecule has 2 amide bonds. The summed E-state index contributed by atoms with van der Waals surface area (Å²) in [4.78, 5) is 27.6. The number of ketones is 1. The lowest BCUT2D eigenvalue weighted by atomic mass is 9.89. The summed E-state index contributed by atoms with van der Waals surface area (Å²) in [5.41, 5.74) is 3.53. The van der Waals surface area contributed by atoms with Gasteiger partial charge in [-0.15, -0.1) is 0 Å². The molecule has 3 aromatic carbocycles. The van der Waals surface area contributed by atoms with Crippen LogP contribution < -0.4 is 14.8 Å². The second kappa shape index (κ2) is 8.75. The van der Waals surface area contributed by atoms with Crippen LogP contribution in [0.15, 0.2) is 72.8 Å². The first-order chi connectivity index (χ1) is 15.7. The van der Waals surface area contributed by atoms with E-state index in [0.29, 0.717) is 35.8 Å². The number of amides is 2. The Balaban J connectivity index is 1.23. The van der Waals surface area contributed by atoms with Crippen LogP contribution in [0.25, 0.3) is 11.1 Å². The molecular formula is C26H24N2O4. The van der Waals surface area contributed by atoms with Gasteiger partial charge >= 0.3 is 6.03 Å². The molecule has 1 atom stereocenters. The van der Waals surface area contributed by atoms with Crippen LogP contribution in [0.3, 0.4) is 0 Å². The van der Waals surface area contributed by atoms with E-state index in [2.05, 4.69) is 17.4 Å². The maximum absolute atomic E-state index is 13.1. The van der Waals surface area contributed by atoms with Crippen molar-refractivity contribution in [2.24, 2.45) is 5.92 Å². The van der Waals surface area contributed by atoms with Crippen LogP contribution in [0.4, 0.5) is 10.5 Å². The number of piperidine rings is 1. The summed E-state index contributed by atoms with van der Waals surface area (Å²) in [6, 6.07) is 22.9. The van der Waals surface area contributed by atoms with Gasteiger partial charge < -0.3 is 19.7 Å². The Hall–Kier alpha value is -3.80. The molecular weight excluding hydrogens is 404 g/mol. The van der Waals surface area contributed by atoms with E-state index >= 15 is 0 Å². The maximum atomic E-state index is 13.1. The van der Waals surface area contributed by atoms with Crippen LogP contribution in [0.5, 0.6) is 11.5 Å². The van der Waals surface area contributed by atoms with Crippen molar-refractivity contribution in [2.75, 3.05) is 25.2 Å². The smallest absolute Gasteiger partial charge is 0.321 e. The molecule has 0 bridgehead atoms. The molecule has 2 aliphatic heterocycles. The number of rotatable bonds is 4. The van der Waals surface area contributed by atoms with Crippen molar-refractivity contribution in [2.45, 2.75) is 12.8 Å². The highest BCUT2D eigenvalue weighted by Gasteiger charge is 2.29. The number of ether oxygens (including phenoxy) is 2. The third-order valence-corrected chi connectivity index (χ3v) is 5.98. The monoisotopic (exact) mass is 428 g/mol. The van der Waals surface area contributed by atoms with E-state index in [1.54, 1.807) is 23.1 Å². The minimum atomic E-state index is -0.208. The highest BCUT2D eigenvalue weighted by molar-refractivity contribution is 5.99. The van der Waals surface area contributed by atoms with Gasteiger partial charge in [0, 0.05) is 36.3 Å². The third kappa shape index (κ3) is 4.17. The van der Waals surface area contributed by atoms with Crippen LogP contribution in [-0.2, 0) is 0 Å². The van der Waals surface area contributed by atoms with Crippen LogP contribution in [0.2, 0.25) is 0 Å². The van der Waals surface area contributed by atoms with Crippen molar-refractivity contribution in [3.05, 3.63) is 78.4 Å². The van der Waals surface area contributed by atoms with Gasteiger partial charge in [-0.2, -0.15) is 0 Å². The molecule has 162 valence electrons. The average Bonchev–Trinajstić information content (AvgIpc) is 3.32. The molecule has 32 heavy (non-hydrogen) atoms. The molecule has 0 radical (unpaired) electrons. The predicted octanol–water partition coefficient (Wildman–Crippen LogP) is 5.21. The number of nitrogens with zero attached hydrogens (tertiary/aromatic N) is 1. The standard InChI is InChI=1S/C26H24N2O4/c29-25(20-10-8-19(9-11-20)18-5-2-1-3-6-18)21-7-4-14-28(16-21)26(30)27-22-12-13-23-24(15-22)32-17-31-23/h1-3,5-6,8-13,15,21H,4,7,14,16-17H2,(H,27,30)/t21-/m1/s1. The molecule has 5 rings (SSSR count). The average molecular weight is 428 g/mol. The Morgan fingerprint density at radius 1 is 0.875 bits per heavy atom. The minimum absolute atomic E-state index is 0.0881. The van der Waals surface area contributed by atoms with Crippen molar-refractivity contribution in [1.29, 1.82) is 0 Å². The van der Waals surface area contributed by atoms with Gasteiger partial charge in [0.15, 0.2) is 17.3 Å². The van der Waals surface area contributed by atoms with Crippen molar-refractivity contribution in [1.82, 2.24) is 4.90 Å². The Labute approximate surface area is 186 Å². The van der Waals surface area contributed by atoms with E-state index in [4.69, 9.17) is 9.47 Å². The fraction of sp³-hybridized carbons (Fsp3) is 0.231. The lowest BCUT2D eigenvalue weighted by Crippen LogP contribution is -2.44. The van der Waals surface area contributed by atoms with Crippen molar-refractivity contribution >= 4 is 17.5 Å². The Bertz CT molecular complexity index is 1130. The number of fused-ring (bicyclic) bond motifs is 1. The number of benzene rings is 3. The zero-order valence-electron chi connectivity index (χ0n) is 17.6. The molecule has 1 saturated heterocycles. The summed E-state index contributed by atoms with van der Waals surface area (Å²) in [5.74, 6) is 1.18. The largest absolute Gasteiger partial charge is 0.454 e. The number of Topliss-reactive ketones (excluding diaryl/α,β-unsaturated/α-hetero) is 1. The fourth-order valence-electron chi connectivity index (χ4n) is 4.25. The number of nitrogens with one attached hydrogen (secondary N) is 1. The summed E-state index contributed by atoms with van der Waals surface area (Å²) in [5, 5.41) is 2.91. The Morgan fingerprint density at radius 3 is 2.44 bits per heavy atom. The summed E-state index contributed by atoms with van der Waals surface area (Å²) in [6.07, 6.45) is 1.58. The van der Waals surface area contributed by atoms with Crippen molar-refractivity contribution < 1.29 is 19.1 Å². The lowest BCUT2D eigenvalue weighted by molar-refractivity contribution is 0.0851. The van der Waals surface area contributed by atoms with Gasteiger partial charge in [0.1, 0.15) is 0 Å². The molecule has 1 fully saturated rings. The second-order valence-corrected chi connectivity index (χ2v) is 8.09. The quantitative estimate of drug-likeness (QED) is 0.580. The van der Waals surface area contributed by atoms with E-state index < -0.39 is 0 Å². The molecule has 2 aliphatic rings. The van der Waals surface area contributed by atoms with E-state index in [1.165, 1.54) is 0 Å². The van der Waals surface area contributed by atoms with E-state index in [0.717, 1.165) is 24.0 Å². The summed E-state index contributed by atoms with van der Waals surface area (Å²) >= 11 is 0. The van der Waals surface area contributed by atoms with Crippen molar-refractivity contribution in [3.8, 4) is 22.6 Å². The molecule has 0 saturated carbocycles. The molecule has 2 heterocycles. The number of hydrogen-bond donors (Lipinski definition) is 1. The first kappa shape index (κ1) is 20.1. The van der Waals surface area contributed by atoms with Gasteiger partial charge in [0.25, 0.3) is 0 Å². The second-order valence-electron chi connectivity index (χ2n) is 8.09. The molecule has 1 N–H and O–H groups in total. The lowest BCUT2D eigenvalue weighted by Gasteiger charge is -2.32. The van der Waals surface area contributed by atoms with Gasteiger partial charge in [-0.25, -0.2) is 4.79 Å². The minimum Gasteiger partial charge on any atom is -0.454 e. The van der Waals surface area contributed by atoms with E-state index in [1.807, 2.05) is 42.5 Å². The molecule has 0 spiro atoms. The third-order valence-electron chi connectivity index (χ3n) is 5.98. The fourth-order valence-corrected chi connectivity index (χ4v) is 4.25. The van der Waals surface area contributed by atoms with Crippen LogP contribution in [-0.4, -0.2) is 36.6 Å². The predicted molar refractivity (Wildman–Crippen MR) is 122 cm³/mol. The number of likely N-dealkylation sites (tertiary alicyclic amines) is 1. The molecule has 6 nitrogen and oxygen atoms in total. The maximum Gasteiger partial charge on any atom is 0.321 e. The van der Waals surface area contributed by atoms with Gasteiger partial charge in [-0.05, 0) is 36.1 Å². The highest BCUT2D eigenvalue weighted by atomic mass is 16.7. The molecule has 0 aliphatic carbocycles. The zero-order chi connectivity index (χ0) is 21.9. The highest BCUT2D eigenvalue weighted by Crippen LogP contribution is 2.34. The number of hydrogen-bond acceptors (Lipinski definition) is 4. The number of carbonyl (C=O) groups excluding carboxylic acids is 2. The first-order valence-electron chi connectivity index (χ1n) is 10.8. The van der Waals surface area contributed by atoms with Crippen LogP contribution in [0.1, 0.15) is 23.2 Å². The van der Waals surface area contributed by atoms with Crippen LogP contribution in [0, 0.1) is 5.92 Å². The first-order valence-corrected chi connectivity index (χ1v) is 10.8. The summed E-state index contributed by atoms with van der Waals surface area (Å²) < 4.78 is 10.7. The van der Waals surface area contributed by atoms with Crippen LogP contribution >= 0.6 is 0 Å². The number of urea groups is 1. The topological polar surface area (TPSA) is 67.9 Å². The number of anilines is 1. The molecule has 3 aromatic rings. The van der Waals surface area contributed by atoms with Gasteiger partial charge in [-0.1, -0.05) is 54.6 Å². The van der Waals surface area contributed by atoms with Gasteiger partial charge in [0.05, 0.1) is 0 Å². The van der Waals surface area contributed by atoms with Crippen molar-refractivity contribution in [3.63, 3.8) is 0 Å². The molecule has 0 aromatic heterocycles. The summed E-state index contributed by atoms with van der Waals surface area (Å²) in [7, 11) is 0. The van der Waals surface area contributed by atoms with Gasteiger partial charge in [0.2, 0.25) is 6.79 Å².